The van der Waals surface area contributed by atoms with Gasteiger partial charge in [-0.05, 0) is 203 Å². The van der Waals surface area contributed by atoms with Crippen LogP contribution in [0.5, 0.6) is 0 Å². The fourth-order valence-electron chi connectivity index (χ4n) is 12.5. The second-order valence-corrected chi connectivity index (χ2v) is 26.2. The zero-order valence-corrected chi connectivity index (χ0v) is 50.0. The summed E-state index contributed by atoms with van der Waals surface area (Å²) in [6.07, 6.45) is 36.8. The summed E-state index contributed by atoms with van der Waals surface area (Å²) in [5.74, 6) is 0.237. The van der Waals surface area contributed by atoms with Crippen LogP contribution >= 0.6 is 0 Å². The third-order valence-corrected chi connectivity index (χ3v) is 17.2. The summed E-state index contributed by atoms with van der Waals surface area (Å²) in [5.41, 5.74) is 2.42. The van der Waals surface area contributed by atoms with E-state index in [0.717, 1.165) is 155 Å². The number of hydrogen-bond donors (Lipinski definition) is 4. The smallest absolute Gasteiger partial charge is 0.309 e. The van der Waals surface area contributed by atoms with Crippen molar-refractivity contribution in [2.75, 3.05) is 53.5 Å². The number of carboxylic acid groups (broad SMARTS) is 1. The Kier molecular flexibility index (Phi) is 24.3. The number of esters is 1. The Morgan fingerprint density at radius 1 is 0.608 bits per heavy atom. The Hall–Kier alpha value is -3.96. The normalized spacial score (nSPS) is 32.5. The summed E-state index contributed by atoms with van der Waals surface area (Å²) in [4.78, 5) is 51.5. The molecule has 15 nitrogen and oxygen atoms in total. The van der Waals surface area contributed by atoms with E-state index in [9.17, 15) is 24.3 Å². The number of hydrogen-bond acceptors (Lipinski definition) is 12. The number of ether oxygens (including phenoxy) is 5. The highest BCUT2D eigenvalue weighted by Gasteiger charge is 2.54. The molecule has 2 amide bonds. The third-order valence-electron chi connectivity index (χ3n) is 17.2. The number of aliphatic carboxylic acids is 1. The van der Waals surface area contributed by atoms with Gasteiger partial charge in [0.25, 0.3) is 0 Å². The number of epoxide rings is 2. The van der Waals surface area contributed by atoms with Crippen LogP contribution in [0.25, 0.3) is 0 Å². The second-order valence-electron chi connectivity index (χ2n) is 26.2. The molecule has 15 heteroatoms. The summed E-state index contributed by atoms with van der Waals surface area (Å²) >= 11 is 0. The van der Waals surface area contributed by atoms with Crippen molar-refractivity contribution < 1.29 is 53.1 Å². The predicted octanol–water partition coefficient (Wildman–Crippen LogP) is 9.74. The zero-order valence-electron chi connectivity index (χ0n) is 50.0. The van der Waals surface area contributed by atoms with Crippen molar-refractivity contribution >= 4 is 23.8 Å². The molecule has 6 saturated heterocycles. The first-order valence-electron chi connectivity index (χ1n) is 30.1. The van der Waals surface area contributed by atoms with Gasteiger partial charge in [-0.3, -0.25) is 19.2 Å². The molecule has 79 heavy (non-hydrogen) atoms. The Labute approximate surface area is 474 Å². The third kappa shape index (κ3) is 23.4. The summed E-state index contributed by atoms with van der Waals surface area (Å²) in [7, 11) is 4.10. The highest BCUT2D eigenvalue weighted by Crippen LogP contribution is 2.47. The molecule has 6 heterocycles. The summed E-state index contributed by atoms with van der Waals surface area (Å²) in [6.45, 7) is 21.8. The van der Waals surface area contributed by atoms with Gasteiger partial charge in [0.1, 0.15) is 6.10 Å². The SMILES string of the molecule is CC(/C=C/[C@@H]1C[C@]2(CO2)CC(C)(C)O1)=C\CC1CCC(NC(=O)/C=C\[C@H](C)O)CC1.CC(/C=C/[C@@H]1C[C@]2(CO2)CC(C)(C)O1)=C\CC1CCC(NC(=O)/C=C\[C@H](C)OC(=O)C2CCN(C)CC2)CC1.CN1CCC(C(=O)O)CC1. The first-order valence-corrected chi connectivity index (χ1v) is 30.1. The number of piperidine rings is 2. The number of aliphatic hydroxyl groups is 1. The molecular formula is C64H102N4O11. The van der Waals surface area contributed by atoms with Crippen LogP contribution in [0.3, 0.4) is 0 Å². The van der Waals surface area contributed by atoms with Crippen molar-refractivity contribution in [2.24, 2.45) is 23.7 Å². The van der Waals surface area contributed by atoms with Crippen LogP contribution in [0.4, 0.5) is 0 Å². The molecule has 0 aromatic rings. The number of rotatable bonds is 17. The van der Waals surface area contributed by atoms with E-state index in [2.05, 4.69) is 105 Å². The van der Waals surface area contributed by atoms with Crippen LogP contribution in [0.1, 0.15) is 171 Å². The minimum absolute atomic E-state index is 0.0287. The fourth-order valence-corrected chi connectivity index (χ4v) is 12.5. The van der Waals surface area contributed by atoms with E-state index >= 15 is 0 Å². The van der Waals surface area contributed by atoms with E-state index in [1.54, 1.807) is 13.0 Å². The Morgan fingerprint density at radius 3 is 1.38 bits per heavy atom. The van der Waals surface area contributed by atoms with Crippen LogP contribution < -0.4 is 10.6 Å². The topological polar surface area (TPSA) is 192 Å². The average Bonchev–Trinajstić information content (AvgIpc) is 4.47. The zero-order chi connectivity index (χ0) is 57.4. The van der Waals surface area contributed by atoms with Gasteiger partial charge >= 0.3 is 11.9 Å². The molecule has 2 saturated carbocycles. The first kappa shape index (κ1) is 64.2. The Bertz CT molecular complexity index is 2140. The molecule has 2 aliphatic carbocycles. The van der Waals surface area contributed by atoms with Gasteiger partial charge in [0.05, 0.1) is 65.8 Å². The predicted molar refractivity (Wildman–Crippen MR) is 310 cm³/mol. The van der Waals surface area contributed by atoms with Crippen molar-refractivity contribution in [3.63, 3.8) is 0 Å². The molecule has 2 spiro atoms. The molecule has 0 aromatic carbocycles. The standard InChI is InChI=1S/C32H50N2O5.C25H39NO4.C7H13NO2/c1-23(7-14-28-20-32(22-37-32)21-31(3,4)39-28)6-9-25-10-12-27(13-11-25)33-29(35)15-8-24(2)38-30(36)26-16-18-34(5)19-17-26;1-18(6-13-22-15-25(17-29-25)16-24(3,4)30-22)5-8-20-9-11-21(12-10-20)26-23(28)14-7-19(2)27;1-8-4-2-6(3-5-8)7(9)10/h6-8,14-15,24-28H,9-13,16-22H2,1-5H3,(H,33,35);5-7,13-14,19-22,27H,8-12,15-17H2,1-4H3,(H,26,28);6H,2-5H2,1H3,(H,9,10)/b14-7+,15-8-,23-6+;13-6+,14-7-,18-5+;/t24-,25?,27?,28+,32+;19-,20?,21?,22+,25+;/m00./s1. The number of amides is 2. The van der Waals surface area contributed by atoms with Crippen molar-refractivity contribution in [3.05, 3.63) is 71.9 Å². The second kappa shape index (κ2) is 29.8. The summed E-state index contributed by atoms with van der Waals surface area (Å²) in [5, 5.41) is 24.0. The van der Waals surface area contributed by atoms with E-state index in [0.29, 0.717) is 11.8 Å². The van der Waals surface area contributed by atoms with Gasteiger partial charge < -0.3 is 54.3 Å². The largest absolute Gasteiger partial charge is 0.481 e. The average molecular weight is 1100 g/mol. The van der Waals surface area contributed by atoms with Gasteiger partial charge in [-0.1, -0.05) is 53.7 Å². The highest BCUT2D eigenvalue weighted by molar-refractivity contribution is 5.88. The Balaban J connectivity index is 0.000000222. The fraction of sp³-hybridized carbons (Fsp3) is 0.750. The van der Waals surface area contributed by atoms with E-state index < -0.39 is 18.2 Å². The maximum Gasteiger partial charge on any atom is 0.309 e. The molecule has 0 unspecified atom stereocenters. The number of carboxylic acids is 1. The molecule has 0 bridgehead atoms. The number of carbonyl (C=O) groups excluding carboxylic acids is 3. The maximum absolute atomic E-state index is 12.4. The van der Waals surface area contributed by atoms with Gasteiger partial charge in [0.15, 0.2) is 0 Å². The van der Waals surface area contributed by atoms with Gasteiger partial charge in [-0.15, -0.1) is 0 Å². The van der Waals surface area contributed by atoms with Gasteiger partial charge in [0, 0.05) is 49.9 Å². The van der Waals surface area contributed by atoms with Crippen molar-refractivity contribution in [1.82, 2.24) is 20.4 Å². The lowest BCUT2D eigenvalue weighted by molar-refractivity contribution is -0.152. The lowest BCUT2D eigenvalue weighted by Gasteiger charge is -2.38. The van der Waals surface area contributed by atoms with Gasteiger partial charge in [-0.2, -0.15) is 0 Å². The van der Waals surface area contributed by atoms with E-state index in [4.69, 9.17) is 28.8 Å². The molecular weight excluding hydrogens is 1000 g/mol. The van der Waals surface area contributed by atoms with Crippen LogP contribution in [-0.4, -0.2) is 156 Å². The summed E-state index contributed by atoms with van der Waals surface area (Å²) < 4.78 is 29.5. The number of carbonyl (C=O) groups is 4. The molecule has 0 aromatic heterocycles. The van der Waals surface area contributed by atoms with Gasteiger partial charge in [-0.25, -0.2) is 0 Å². The number of likely N-dealkylation sites (tertiary alicyclic amines) is 2. The molecule has 8 aliphatic rings. The van der Waals surface area contributed by atoms with Crippen molar-refractivity contribution in [1.29, 1.82) is 0 Å². The minimum Gasteiger partial charge on any atom is -0.481 e. The number of nitrogens with zero attached hydrogens (tertiary/aromatic N) is 2. The lowest BCUT2D eigenvalue weighted by Crippen LogP contribution is -2.43. The van der Waals surface area contributed by atoms with Crippen molar-refractivity contribution in [3.8, 4) is 0 Å². The van der Waals surface area contributed by atoms with E-state index in [-0.39, 0.29) is 76.3 Å². The van der Waals surface area contributed by atoms with Crippen LogP contribution in [0.15, 0.2) is 71.9 Å². The minimum atomic E-state index is -0.631. The monoisotopic (exact) mass is 1100 g/mol. The quantitative estimate of drug-likeness (QED) is 0.0466. The van der Waals surface area contributed by atoms with E-state index in [1.807, 2.05) is 14.0 Å². The lowest BCUT2D eigenvalue weighted by atomic mass is 9.83. The molecule has 444 valence electrons. The van der Waals surface area contributed by atoms with E-state index in [1.165, 1.54) is 29.4 Å². The molecule has 4 N–H and O–H groups in total. The van der Waals surface area contributed by atoms with Crippen LogP contribution in [0, 0.1) is 23.7 Å². The molecule has 0 radical (unpaired) electrons. The number of nitrogens with one attached hydrogen (secondary N) is 2. The van der Waals surface area contributed by atoms with Crippen LogP contribution in [-0.2, 0) is 42.9 Å². The maximum atomic E-state index is 12.4. The number of allylic oxidation sites excluding steroid dienone is 6. The Morgan fingerprint density at radius 2 is 1.00 bits per heavy atom. The highest BCUT2D eigenvalue weighted by atomic mass is 16.6. The molecule has 6 aliphatic heterocycles. The summed E-state index contributed by atoms with van der Waals surface area (Å²) in [6, 6.07) is 0.463. The molecule has 8 fully saturated rings. The van der Waals surface area contributed by atoms with Gasteiger partial charge in [0.2, 0.25) is 11.8 Å². The molecule has 8 rings (SSSR count). The first-order chi connectivity index (χ1) is 37.4. The molecule has 6 atom stereocenters. The van der Waals surface area contributed by atoms with Crippen molar-refractivity contribution in [2.45, 2.75) is 230 Å². The number of aliphatic hydroxyl groups excluding tert-OH is 1. The van der Waals surface area contributed by atoms with Crippen LogP contribution in [0.2, 0.25) is 0 Å².